The van der Waals surface area contributed by atoms with E-state index in [-0.39, 0.29) is 17.9 Å². The molecule has 3 aromatic rings. The number of carbonyl (C=O) groups excluding carboxylic acids is 2. The second-order valence-corrected chi connectivity index (χ2v) is 8.48. The fraction of sp³-hybridized carbons (Fsp3) is 0.207. The minimum Gasteiger partial charge on any atom is -0.507 e. The van der Waals surface area contributed by atoms with Crippen LogP contribution in [-0.2, 0) is 16.1 Å². The molecular formula is C29H28N2O6. The zero-order valence-corrected chi connectivity index (χ0v) is 20.9. The summed E-state index contributed by atoms with van der Waals surface area (Å²) < 4.78 is 16.4. The average Bonchev–Trinajstić information content (AvgIpc) is 3.16. The van der Waals surface area contributed by atoms with Crippen molar-refractivity contribution in [3.63, 3.8) is 0 Å². The number of hydrogen-bond donors (Lipinski definition) is 1. The molecule has 2 heterocycles. The summed E-state index contributed by atoms with van der Waals surface area (Å²) in [6.07, 6.45) is 4.90. The van der Waals surface area contributed by atoms with Crippen LogP contribution >= 0.6 is 0 Å². The molecule has 1 aliphatic heterocycles. The standard InChI is InChI=1S/C29H28N2O6/c1-5-13-37-21-9-10-22(18(2)14-21)27(32)25-26(20-8-11-23(35-3)24(15-20)36-4)31(29(34)28(25)33)17-19-7-6-12-30-16-19/h5-12,14-16,26,32H,1,13,17H2,2-4H3/b27-25-. The van der Waals surface area contributed by atoms with Crippen molar-refractivity contribution < 1.29 is 28.9 Å². The second kappa shape index (κ2) is 11.0. The lowest BCUT2D eigenvalue weighted by Crippen LogP contribution is -2.29. The number of pyridine rings is 1. The molecule has 1 aromatic heterocycles. The van der Waals surface area contributed by atoms with Crippen molar-refractivity contribution in [1.29, 1.82) is 0 Å². The molecule has 8 nitrogen and oxygen atoms in total. The highest BCUT2D eigenvalue weighted by Gasteiger charge is 2.46. The van der Waals surface area contributed by atoms with Crippen molar-refractivity contribution in [3.05, 3.63) is 101 Å². The van der Waals surface area contributed by atoms with Gasteiger partial charge in [-0.25, -0.2) is 0 Å². The van der Waals surface area contributed by atoms with E-state index in [0.717, 1.165) is 5.56 Å². The topological polar surface area (TPSA) is 98.2 Å². The number of rotatable bonds is 9. The van der Waals surface area contributed by atoms with Crippen LogP contribution in [0.4, 0.5) is 0 Å². The molecule has 1 aliphatic rings. The Labute approximate surface area is 215 Å². The molecule has 0 radical (unpaired) electrons. The van der Waals surface area contributed by atoms with E-state index >= 15 is 0 Å². The number of aromatic nitrogens is 1. The molecule has 0 spiro atoms. The van der Waals surface area contributed by atoms with Gasteiger partial charge in [0.1, 0.15) is 18.1 Å². The van der Waals surface area contributed by atoms with E-state index in [1.54, 1.807) is 67.9 Å². The number of amides is 1. The van der Waals surface area contributed by atoms with Gasteiger partial charge in [0, 0.05) is 24.5 Å². The fourth-order valence-electron chi connectivity index (χ4n) is 4.39. The number of methoxy groups -OCH3 is 2. The van der Waals surface area contributed by atoms with Crippen molar-refractivity contribution in [3.8, 4) is 17.2 Å². The van der Waals surface area contributed by atoms with E-state index in [4.69, 9.17) is 14.2 Å². The Balaban J connectivity index is 1.87. The van der Waals surface area contributed by atoms with Gasteiger partial charge >= 0.3 is 0 Å². The Hall–Kier alpha value is -4.59. The van der Waals surface area contributed by atoms with E-state index in [9.17, 15) is 14.7 Å². The number of carbonyl (C=O) groups is 2. The van der Waals surface area contributed by atoms with Gasteiger partial charge in [-0.1, -0.05) is 24.8 Å². The Morgan fingerprint density at radius 2 is 1.89 bits per heavy atom. The zero-order chi connectivity index (χ0) is 26.5. The first-order valence-corrected chi connectivity index (χ1v) is 11.6. The molecule has 8 heteroatoms. The van der Waals surface area contributed by atoms with E-state index in [1.807, 2.05) is 6.07 Å². The lowest BCUT2D eigenvalue weighted by molar-refractivity contribution is -0.140. The van der Waals surface area contributed by atoms with Crippen LogP contribution in [0, 0.1) is 6.92 Å². The van der Waals surface area contributed by atoms with E-state index in [1.165, 1.54) is 19.1 Å². The molecule has 0 saturated carbocycles. The minimum atomic E-state index is -0.865. The fourth-order valence-corrected chi connectivity index (χ4v) is 4.39. The van der Waals surface area contributed by atoms with Gasteiger partial charge in [0.2, 0.25) is 0 Å². The third kappa shape index (κ3) is 5.04. The normalized spacial score (nSPS) is 16.5. The molecular weight excluding hydrogens is 472 g/mol. The third-order valence-corrected chi connectivity index (χ3v) is 6.16. The van der Waals surface area contributed by atoms with Crippen LogP contribution in [0.15, 0.2) is 79.2 Å². The summed E-state index contributed by atoms with van der Waals surface area (Å²) >= 11 is 0. The number of aryl methyl sites for hydroxylation is 1. The summed E-state index contributed by atoms with van der Waals surface area (Å²) in [6, 6.07) is 13.0. The first-order valence-electron chi connectivity index (χ1n) is 11.6. The predicted molar refractivity (Wildman–Crippen MR) is 139 cm³/mol. The number of hydrogen-bond acceptors (Lipinski definition) is 7. The molecule has 1 saturated heterocycles. The first-order chi connectivity index (χ1) is 17.9. The van der Waals surface area contributed by atoms with Crippen molar-refractivity contribution in [2.75, 3.05) is 20.8 Å². The summed E-state index contributed by atoms with van der Waals surface area (Å²) in [5.41, 5.74) is 2.43. The molecule has 0 aliphatic carbocycles. The maximum atomic E-state index is 13.4. The number of Topliss-reactive ketones (excluding diaryl/α,β-unsaturated/α-hetero) is 1. The molecule has 190 valence electrons. The Bertz CT molecular complexity index is 1370. The van der Waals surface area contributed by atoms with E-state index in [0.29, 0.717) is 40.5 Å². The van der Waals surface area contributed by atoms with Gasteiger partial charge in [0.25, 0.3) is 11.7 Å². The summed E-state index contributed by atoms with van der Waals surface area (Å²) in [7, 11) is 3.03. The molecule has 2 aromatic carbocycles. The number of ketones is 1. The SMILES string of the molecule is C=CCOc1ccc(/C(O)=C2/C(=O)C(=O)N(Cc3cccnc3)C2c2ccc(OC)c(OC)c2)c(C)c1. The number of aliphatic hydroxyl groups is 1. The van der Waals surface area contributed by atoms with Crippen LogP contribution in [-0.4, -0.2) is 47.5 Å². The zero-order valence-electron chi connectivity index (χ0n) is 20.9. The molecule has 1 unspecified atom stereocenters. The third-order valence-electron chi connectivity index (χ3n) is 6.16. The van der Waals surface area contributed by atoms with Gasteiger partial charge < -0.3 is 24.2 Å². The number of benzene rings is 2. The highest BCUT2D eigenvalue weighted by Crippen LogP contribution is 2.43. The molecule has 4 rings (SSSR count). The van der Waals surface area contributed by atoms with E-state index in [2.05, 4.69) is 11.6 Å². The van der Waals surface area contributed by atoms with Crippen LogP contribution in [0.3, 0.4) is 0 Å². The Morgan fingerprint density at radius 1 is 1.11 bits per heavy atom. The van der Waals surface area contributed by atoms with Gasteiger partial charge in [-0.3, -0.25) is 14.6 Å². The maximum absolute atomic E-state index is 13.4. The van der Waals surface area contributed by atoms with Crippen LogP contribution in [0.2, 0.25) is 0 Å². The largest absolute Gasteiger partial charge is 0.507 e. The van der Waals surface area contributed by atoms with Crippen LogP contribution < -0.4 is 14.2 Å². The number of likely N-dealkylation sites (tertiary alicyclic amines) is 1. The Morgan fingerprint density at radius 3 is 2.54 bits per heavy atom. The summed E-state index contributed by atoms with van der Waals surface area (Å²) in [4.78, 5) is 32.2. The highest BCUT2D eigenvalue weighted by atomic mass is 16.5. The molecule has 1 fully saturated rings. The van der Waals surface area contributed by atoms with Gasteiger partial charge in [-0.2, -0.15) is 0 Å². The van der Waals surface area contributed by atoms with Crippen molar-refractivity contribution >= 4 is 17.4 Å². The quantitative estimate of drug-likeness (QED) is 0.199. The second-order valence-electron chi connectivity index (χ2n) is 8.48. The van der Waals surface area contributed by atoms with Gasteiger partial charge in [0.05, 0.1) is 25.8 Å². The maximum Gasteiger partial charge on any atom is 0.295 e. The highest BCUT2D eigenvalue weighted by molar-refractivity contribution is 6.46. The first kappa shape index (κ1) is 25.5. The lowest BCUT2D eigenvalue weighted by Gasteiger charge is -2.26. The minimum absolute atomic E-state index is 0.0102. The summed E-state index contributed by atoms with van der Waals surface area (Å²) in [5.74, 6) is -0.211. The van der Waals surface area contributed by atoms with Crippen LogP contribution in [0.1, 0.15) is 28.3 Å². The number of nitrogens with zero attached hydrogens (tertiary/aromatic N) is 2. The average molecular weight is 501 g/mol. The summed E-state index contributed by atoms with van der Waals surface area (Å²) in [6.45, 7) is 5.90. The van der Waals surface area contributed by atoms with Gasteiger partial charge in [0.15, 0.2) is 11.5 Å². The van der Waals surface area contributed by atoms with Crippen LogP contribution in [0.25, 0.3) is 5.76 Å². The van der Waals surface area contributed by atoms with Crippen LogP contribution in [0.5, 0.6) is 17.2 Å². The smallest absolute Gasteiger partial charge is 0.295 e. The van der Waals surface area contributed by atoms with Crippen molar-refractivity contribution in [1.82, 2.24) is 9.88 Å². The molecule has 0 bridgehead atoms. The molecule has 1 amide bonds. The van der Waals surface area contributed by atoms with Crippen molar-refractivity contribution in [2.45, 2.75) is 19.5 Å². The monoisotopic (exact) mass is 500 g/mol. The van der Waals surface area contributed by atoms with Gasteiger partial charge in [-0.05, 0) is 60.0 Å². The van der Waals surface area contributed by atoms with E-state index < -0.39 is 17.7 Å². The number of ether oxygens (including phenoxy) is 3. The van der Waals surface area contributed by atoms with Gasteiger partial charge in [-0.15, -0.1) is 0 Å². The molecule has 1 N–H and O–H groups in total. The Kier molecular flexibility index (Phi) is 7.57. The summed E-state index contributed by atoms with van der Waals surface area (Å²) in [5, 5.41) is 11.5. The molecule has 37 heavy (non-hydrogen) atoms. The predicted octanol–water partition coefficient (Wildman–Crippen LogP) is 4.59. The van der Waals surface area contributed by atoms with Crippen molar-refractivity contribution in [2.24, 2.45) is 0 Å². The molecule has 1 atom stereocenters. The lowest BCUT2D eigenvalue weighted by atomic mass is 9.93. The number of aliphatic hydroxyl groups excluding tert-OH is 1.